The van der Waals surface area contributed by atoms with Crippen LogP contribution in [0.25, 0.3) is 0 Å². The van der Waals surface area contributed by atoms with Gasteiger partial charge < -0.3 is 15.0 Å². The molecule has 0 fully saturated rings. The fourth-order valence-electron chi connectivity index (χ4n) is 1.38. The molecule has 0 aliphatic heterocycles. The Hall–Kier alpha value is -2.39. The normalized spacial score (nSPS) is 11.1. The van der Waals surface area contributed by atoms with E-state index in [1.807, 2.05) is 6.07 Å². The van der Waals surface area contributed by atoms with Gasteiger partial charge in [-0.1, -0.05) is 11.2 Å². The molecule has 1 heterocycles. The maximum atomic E-state index is 8.78. The van der Waals surface area contributed by atoms with E-state index in [1.54, 1.807) is 38.1 Å². The Labute approximate surface area is 110 Å². The highest BCUT2D eigenvalue weighted by molar-refractivity contribution is 5.36. The van der Waals surface area contributed by atoms with Crippen LogP contribution in [0, 0.1) is 11.3 Å². The molecule has 0 spiro atoms. The van der Waals surface area contributed by atoms with Crippen molar-refractivity contribution in [3.8, 4) is 11.8 Å². The second-order valence-corrected chi connectivity index (χ2v) is 4.66. The number of benzene rings is 1. The van der Waals surface area contributed by atoms with Crippen molar-refractivity contribution in [2.75, 3.05) is 0 Å². The van der Waals surface area contributed by atoms with Gasteiger partial charge in [-0.2, -0.15) is 10.2 Å². The first-order valence-electron chi connectivity index (χ1n) is 5.74. The van der Waals surface area contributed by atoms with Crippen molar-refractivity contribution in [2.45, 2.75) is 26.0 Å². The fourth-order valence-corrected chi connectivity index (χ4v) is 1.38. The Morgan fingerprint density at radius 1 is 1.47 bits per heavy atom. The zero-order valence-electron chi connectivity index (χ0n) is 10.8. The minimum Gasteiger partial charge on any atom is -0.484 e. The van der Waals surface area contributed by atoms with Crippen LogP contribution in [0.4, 0.5) is 0 Å². The minimum atomic E-state index is -0.650. The molecule has 19 heavy (non-hydrogen) atoms. The smallest absolute Gasteiger partial charge is 0.264 e. The number of hydrogen-bond donors (Lipinski definition) is 1. The van der Waals surface area contributed by atoms with Crippen LogP contribution in [-0.4, -0.2) is 10.1 Å². The molecule has 98 valence electrons. The Kier molecular flexibility index (Phi) is 3.49. The fraction of sp³-hybridized carbons (Fsp3) is 0.308. The van der Waals surface area contributed by atoms with E-state index >= 15 is 0 Å². The van der Waals surface area contributed by atoms with Crippen molar-refractivity contribution in [2.24, 2.45) is 5.73 Å². The minimum absolute atomic E-state index is 0.137. The first-order chi connectivity index (χ1) is 8.99. The lowest BCUT2D eigenvalue weighted by atomic mass is 10.1. The Morgan fingerprint density at radius 2 is 2.26 bits per heavy atom. The summed E-state index contributed by atoms with van der Waals surface area (Å²) in [5.74, 6) is 1.35. The van der Waals surface area contributed by atoms with Crippen LogP contribution in [0.1, 0.15) is 31.1 Å². The first-order valence-corrected chi connectivity index (χ1v) is 5.74. The van der Waals surface area contributed by atoms with E-state index in [0.29, 0.717) is 23.0 Å². The average molecular weight is 258 g/mol. The maximum absolute atomic E-state index is 8.78. The SMILES string of the molecule is CC(C)(N)c1noc(COc2cccc(C#N)c2)n1. The molecule has 0 aliphatic rings. The topological polar surface area (TPSA) is 98.0 Å². The van der Waals surface area contributed by atoms with Gasteiger partial charge in [0.2, 0.25) is 0 Å². The van der Waals surface area contributed by atoms with Crippen molar-refractivity contribution < 1.29 is 9.26 Å². The molecule has 1 aromatic carbocycles. The number of nitrogens with zero attached hydrogens (tertiary/aromatic N) is 3. The summed E-state index contributed by atoms with van der Waals surface area (Å²) in [6.45, 7) is 3.72. The molecule has 2 aromatic rings. The summed E-state index contributed by atoms with van der Waals surface area (Å²) in [5.41, 5.74) is 5.74. The molecule has 0 unspecified atom stereocenters. The highest BCUT2D eigenvalue weighted by Crippen LogP contribution is 2.16. The van der Waals surface area contributed by atoms with Crippen LogP contribution in [0.3, 0.4) is 0 Å². The van der Waals surface area contributed by atoms with Gasteiger partial charge in [-0.25, -0.2) is 0 Å². The highest BCUT2D eigenvalue weighted by Gasteiger charge is 2.21. The van der Waals surface area contributed by atoms with Crippen molar-refractivity contribution >= 4 is 0 Å². The highest BCUT2D eigenvalue weighted by atomic mass is 16.5. The number of ether oxygens (including phenoxy) is 1. The molecule has 6 nitrogen and oxygen atoms in total. The van der Waals surface area contributed by atoms with Gasteiger partial charge in [0.1, 0.15) is 5.75 Å². The lowest BCUT2D eigenvalue weighted by Gasteiger charge is -2.11. The van der Waals surface area contributed by atoms with E-state index in [4.69, 9.17) is 20.3 Å². The predicted molar refractivity (Wildman–Crippen MR) is 67.0 cm³/mol. The number of nitriles is 1. The monoisotopic (exact) mass is 258 g/mol. The third-order valence-corrected chi connectivity index (χ3v) is 2.37. The third-order valence-electron chi connectivity index (χ3n) is 2.37. The van der Waals surface area contributed by atoms with E-state index < -0.39 is 5.54 Å². The summed E-state index contributed by atoms with van der Waals surface area (Å²) in [4.78, 5) is 4.15. The molecule has 0 saturated carbocycles. The van der Waals surface area contributed by atoms with Gasteiger partial charge in [0.15, 0.2) is 12.4 Å². The molecule has 2 rings (SSSR count). The summed E-state index contributed by atoms with van der Waals surface area (Å²) in [5, 5.41) is 12.6. The van der Waals surface area contributed by atoms with Crippen molar-refractivity contribution in [3.63, 3.8) is 0 Å². The Morgan fingerprint density at radius 3 is 2.89 bits per heavy atom. The quantitative estimate of drug-likeness (QED) is 0.896. The van der Waals surface area contributed by atoms with Gasteiger partial charge in [-0.3, -0.25) is 0 Å². The number of nitrogens with two attached hydrogens (primary N) is 1. The van der Waals surface area contributed by atoms with Crippen molar-refractivity contribution in [1.29, 1.82) is 5.26 Å². The molecule has 1 aromatic heterocycles. The van der Waals surface area contributed by atoms with Crippen LogP contribution in [0.5, 0.6) is 5.75 Å². The summed E-state index contributed by atoms with van der Waals surface area (Å²) >= 11 is 0. The van der Waals surface area contributed by atoms with Crippen molar-refractivity contribution in [1.82, 2.24) is 10.1 Å². The molecule has 0 radical (unpaired) electrons. The zero-order chi connectivity index (χ0) is 13.9. The van der Waals surface area contributed by atoms with E-state index in [2.05, 4.69) is 10.1 Å². The molecule has 0 bridgehead atoms. The number of rotatable bonds is 4. The zero-order valence-corrected chi connectivity index (χ0v) is 10.8. The van der Waals surface area contributed by atoms with Crippen LogP contribution < -0.4 is 10.5 Å². The second kappa shape index (κ2) is 5.08. The van der Waals surface area contributed by atoms with E-state index in [-0.39, 0.29) is 6.61 Å². The second-order valence-electron chi connectivity index (χ2n) is 4.66. The maximum Gasteiger partial charge on any atom is 0.264 e. The molecule has 0 saturated heterocycles. The van der Waals surface area contributed by atoms with Gasteiger partial charge in [-0.05, 0) is 32.0 Å². The summed E-state index contributed by atoms with van der Waals surface area (Å²) in [6, 6.07) is 8.89. The molecule has 6 heteroatoms. The van der Waals surface area contributed by atoms with E-state index in [1.165, 1.54) is 0 Å². The van der Waals surface area contributed by atoms with Crippen LogP contribution in [0.15, 0.2) is 28.8 Å². The lowest BCUT2D eigenvalue weighted by Crippen LogP contribution is -2.30. The summed E-state index contributed by atoms with van der Waals surface area (Å²) in [7, 11) is 0. The van der Waals surface area contributed by atoms with E-state index in [0.717, 1.165) is 0 Å². The van der Waals surface area contributed by atoms with Gasteiger partial charge in [0.25, 0.3) is 5.89 Å². The lowest BCUT2D eigenvalue weighted by molar-refractivity contribution is 0.242. The third kappa shape index (κ3) is 3.30. The largest absolute Gasteiger partial charge is 0.484 e. The van der Waals surface area contributed by atoms with Crippen molar-refractivity contribution in [3.05, 3.63) is 41.5 Å². The average Bonchev–Trinajstić information content (AvgIpc) is 2.85. The standard InChI is InChI=1S/C13H14N4O2/c1-13(2,15)12-16-11(19-17-12)8-18-10-5-3-4-9(6-10)7-14/h3-6H,8,15H2,1-2H3. The van der Waals surface area contributed by atoms with Gasteiger partial charge in [0, 0.05) is 0 Å². The van der Waals surface area contributed by atoms with Crippen LogP contribution >= 0.6 is 0 Å². The molecule has 0 atom stereocenters. The van der Waals surface area contributed by atoms with Crippen LogP contribution in [-0.2, 0) is 12.1 Å². The molecular formula is C13H14N4O2. The molecular weight excluding hydrogens is 244 g/mol. The van der Waals surface area contributed by atoms with Gasteiger partial charge in [-0.15, -0.1) is 0 Å². The molecule has 2 N–H and O–H groups in total. The molecule has 0 amide bonds. The molecule has 0 aliphatic carbocycles. The van der Waals surface area contributed by atoms with Crippen LogP contribution in [0.2, 0.25) is 0 Å². The number of aromatic nitrogens is 2. The summed E-state index contributed by atoms with van der Waals surface area (Å²) < 4.78 is 10.5. The predicted octanol–water partition coefficient (Wildman–Crippen LogP) is 1.71. The summed E-state index contributed by atoms with van der Waals surface area (Å²) in [6.07, 6.45) is 0. The Balaban J connectivity index is 2.03. The Bertz CT molecular complexity index is 608. The number of hydrogen-bond acceptors (Lipinski definition) is 6. The van der Waals surface area contributed by atoms with Gasteiger partial charge in [0.05, 0.1) is 17.2 Å². The van der Waals surface area contributed by atoms with E-state index in [9.17, 15) is 0 Å². The van der Waals surface area contributed by atoms with Gasteiger partial charge >= 0.3 is 0 Å². The first kappa shape index (κ1) is 13.1.